The highest BCUT2D eigenvalue weighted by molar-refractivity contribution is 7.99. The lowest BCUT2D eigenvalue weighted by molar-refractivity contribution is 0.214. The zero-order chi connectivity index (χ0) is 17.3. The lowest BCUT2D eigenvalue weighted by atomic mass is 10.1. The van der Waals surface area contributed by atoms with Crippen LogP contribution in [0.4, 0.5) is 19.3 Å². The van der Waals surface area contributed by atoms with Crippen LogP contribution in [0.25, 0.3) is 0 Å². The van der Waals surface area contributed by atoms with Gasteiger partial charge in [0.2, 0.25) is 0 Å². The van der Waals surface area contributed by atoms with Crippen molar-refractivity contribution in [2.75, 3.05) is 17.6 Å². The molecular formula is C18H18F2N2OS. The first-order chi connectivity index (χ1) is 11.5. The SMILES string of the molecule is Cc1ccc([C@@H]2SCCN2C(=O)Nc2ccc(F)cc2F)c(C)c1. The van der Waals surface area contributed by atoms with Gasteiger partial charge in [-0.2, -0.15) is 0 Å². The van der Waals surface area contributed by atoms with Gasteiger partial charge in [-0.1, -0.05) is 23.8 Å². The molecule has 0 bridgehead atoms. The molecule has 3 rings (SSSR count). The van der Waals surface area contributed by atoms with Crippen molar-refractivity contribution in [1.29, 1.82) is 0 Å². The van der Waals surface area contributed by atoms with Crippen molar-refractivity contribution in [1.82, 2.24) is 4.90 Å². The molecule has 1 aliphatic heterocycles. The molecule has 2 aromatic carbocycles. The summed E-state index contributed by atoms with van der Waals surface area (Å²) in [6.07, 6.45) is 0. The molecule has 6 heteroatoms. The zero-order valence-electron chi connectivity index (χ0n) is 13.5. The minimum Gasteiger partial charge on any atom is -0.308 e. The van der Waals surface area contributed by atoms with Crippen LogP contribution in [0.3, 0.4) is 0 Å². The smallest absolute Gasteiger partial charge is 0.308 e. The van der Waals surface area contributed by atoms with E-state index in [1.54, 1.807) is 16.7 Å². The molecule has 24 heavy (non-hydrogen) atoms. The molecule has 1 saturated heterocycles. The van der Waals surface area contributed by atoms with E-state index >= 15 is 0 Å². The number of halogens is 2. The molecule has 1 atom stereocenters. The molecule has 3 nitrogen and oxygen atoms in total. The summed E-state index contributed by atoms with van der Waals surface area (Å²) >= 11 is 1.68. The van der Waals surface area contributed by atoms with Crippen LogP contribution < -0.4 is 5.32 Å². The Morgan fingerprint density at radius 1 is 1.21 bits per heavy atom. The molecule has 2 aromatic rings. The van der Waals surface area contributed by atoms with Crippen molar-refractivity contribution in [2.45, 2.75) is 19.2 Å². The van der Waals surface area contributed by atoms with E-state index < -0.39 is 11.6 Å². The van der Waals surface area contributed by atoms with Crippen LogP contribution in [0.2, 0.25) is 0 Å². The predicted octanol–water partition coefficient (Wildman–Crippen LogP) is 4.86. The highest BCUT2D eigenvalue weighted by atomic mass is 32.2. The lowest BCUT2D eigenvalue weighted by Crippen LogP contribution is -2.34. The highest BCUT2D eigenvalue weighted by Gasteiger charge is 2.31. The van der Waals surface area contributed by atoms with E-state index in [2.05, 4.69) is 11.4 Å². The van der Waals surface area contributed by atoms with Gasteiger partial charge in [0, 0.05) is 18.4 Å². The zero-order valence-corrected chi connectivity index (χ0v) is 14.3. The summed E-state index contributed by atoms with van der Waals surface area (Å²) in [5, 5.41) is 2.44. The van der Waals surface area contributed by atoms with Gasteiger partial charge in [0.1, 0.15) is 17.0 Å². The first-order valence-electron chi connectivity index (χ1n) is 7.67. The first kappa shape index (κ1) is 16.8. The fourth-order valence-corrected chi connectivity index (χ4v) is 4.17. The van der Waals surface area contributed by atoms with Gasteiger partial charge in [0.15, 0.2) is 0 Å². The number of amides is 2. The monoisotopic (exact) mass is 348 g/mol. The van der Waals surface area contributed by atoms with Gasteiger partial charge in [-0.05, 0) is 37.1 Å². The molecule has 0 unspecified atom stereocenters. The molecule has 126 valence electrons. The van der Waals surface area contributed by atoms with Crippen LogP contribution in [-0.2, 0) is 0 Å². The maximum atomic E-state index is 13.7. The molecule has 2 amide bonds. The minimum atomic E-state index is -0.779. The quantitative estimate of drug-likeness (QED) is 0.840. The molecular weight excluding hydrogens is 330 g/mol. The molecule has 1 fully saturated rings. The van der Waals surface area contributed by atoms with Gasteiger partial charge >= 0.3 is 6.03 Å². The maximum Gasteiger partial charge on any atom is 0.323 e. The topological polar surface area (TPSA) is 32.3 Å². The van der Waals surface area contributed by atoms with Gasteiger partial charge in [0.05, 0.1) is 5.69 Å². The van der Waals surface area contributed by atoms with Crippen molar-refractivity contribution in [3.63, 3.8) is 0 Å². The molecule has 0 radical (unpaired) electrons. The van der Waals surface area contributed by atoms with Crippen LogP contribution >= 0.6 is 11.8 Å². The maximum absolute atomic E-state index is 13.7. The molecule has 0 aliphatic carbocycles. The largest absolute Gasteiger partial charge is 0.323 e. The van der Waals surface area contributed by atoms with Crippen LogP contribution in [0.15, 0.2) is 36.4 Å². The van der Waals surface area contributed by atoms with Gasteiger partial charge in [0.25, 0.3) is 0 Å². The average molecular weight is 348 g/mol. The second kappa shape index (κ2) is 6.81. The number of carbonyl (C=O) groups excluding carboxylic acids is 1. The van der Waals surface area contributed by atoms with Gasteiger partial charge < -0.3 is 10.2 Å². The summed E-state index contributed by atoms with van der Waals surface area (Å²) in [7, 11) is 0. The van der Waals surface area contributed by atoms with Gasteiger partial charge in [-0.15, -0.1) is 11.8 Å². The summed E-state index contributed by atoms with van der Waals surface area (Å²) in [5.74, 6) is -0.634. The number of urea groups is 1. The fourth-order valence-electron chi connectivity index (χ4n) is 2.82. The highest BCUT2D eigenvalue weighted by Crippen LogP contribution is 2.39. The third kappa shape index (κ3) is 3.38. The second-order valence-corrected chi connectivity index (χ2v) is 7.02. The Balaban J connectivity index is 1.81. The van der Waals surface area contributed by atoms with E-state index in [4.69, 9.17) is 0 Å². The lowest BCUT2D eigenvalue weighted by Gasteiger charge is -2.26. The van der Waals surface area contributed by atoms with E-state index in [1.165, 1.54) is 11.6 Å². The van der Waals surface area contributed by atoms with Crippen LogP contribution in [-0.4, -0.2) is 23.2 Å². The number of nitrogens with zero attached hydrogens (tertiary/aromatic N) is 1. The third-order valence-corrected chi connectivity index (χ3v) is 5.26. The van der Waals surface area contributed by atoms with E-state index in [9.17, 15) is 13.6 Å². The first-order valence-corrected chi connectivity index (χ1v) is 8.72. The van der Waals surface area contributed by atoms with E-state index in [0.717, 1.165) is 29.0 Å². The molecule has 0 spiro atoms. The number of anilines is 1. The summed E-state index contributed by atoms with van der Waals surface area (Å²) in [6.45, 7) is 4.63. The van der Waals surface area contributed by atoms with Gasteiger partial charge in [-0.3, -0.25) is 0 Å². The average Bonchev–Trinajstić information content (AvgIpc) is 2.99. The molecule has 0 saturated carbocycles. The van der Waals surface area contributed by atoms with E-state index in [1.807, 2.05) is 26.0 Å². The Bertz CT molecular complexity index is 782. The summed E-state index contributed by atoms with van der Waals surface area (Å²) in [5.41, 5.74) is 3.36. The summed E-state index contributed by atoms with van der Waals surface area (Å²) in [6, 6.07) is 8.88. The number of hydrogen-bond acceptors (Lipinski definition) is 2. The Morgan fingerprint density at radius 2 is 2.00 bits per heavy atom. The molecule has 1 aliphatic rings. The number of carbonyl (C=O) groups is 1. The van der Waals surface area contributed by atoms with Crippen molar-refractivity contribution in [2.24, 2.45) is 0 Å². The Labute approximate surface area is 144 Å². The number of nitrogens with one attached hydrogen (secondary N) is 1. The number of rotatable bonds is 2. The number of thioether (sulfide) groups is 1. The summed E-state index contributed by atoms with van der Waals surface area (Å²) in [4.78, 5) is 14.2. The van der Waals surface area contributed by atoms with Crippen molar-refractivity contribution >= 4 is 23.5 Å². The predicted molar refractivity (Wildman–Crippen MR) is 93.2 cm³/mol. The Hall–Kier alpha value is -2.08. The van der Waals surface area contributed by atoms with Crippen molar-refractivity contribution < 1.29 is 13.6 Å². The standard InChI is InChI=1S/C18H18F2N2OS/c1-11-3-5-14(12(2)9-11)17-22(7-8-24-17)18(23)21-16-6-4-13(19)10-15(16)20/h3-6,9-10,17H,7-8H2,1-2H3,(H,21,23)/t17-/m0/s1. The number of aryl methyl sites for hydroxylation is 2. The third-order valence-electron chi connectivity index (χ3n) is 4.02. The molecule has 0 aromatic heterocycles. The van der Waals surface area contributed by atoms with E-state index in [0.29, 0.717) is 6.54 Å². The summed E-state index contributed by atoms with van der Waals surface area (Å²) < 4.78 is 26.7. The Morgan fingerprint density at radius 3 is 2.71 bits per heavy atom. The number of benzene rings is 2. The Kier molecular flexibility index (Phi) is 4.76. The van der Waals surface area contributed by atoms with Crippen molar-refractivity contribution in [3.05, 3.63) is 64.7 Å². The van der Waals surface area contributed by atoms with Crippen molar-refractivity contribution in [3.8, 4) is 0 Å². The van der Waals surface area contributed by atoms with Crippen LogP contribution in [0, 0.1) is 25.5 Å². The number of hydrogen-bond donors (Lipinski definition) is 1. The molecule has 1 heterocycles. The normalized spacial score (nSPS) is 17.2. The van der Waals surface area contributed by atoms with Crippen LogP contribution in [0.5, 0.6) is 0 Å². The molecule has 1 N–H and O–H groups in total. The van der Waals surface area contributed by atoms with Crippen LogP contribution in [0.1, 0.15) is 22.1 Å². The fraction of sp³-hybridized carbons (Fsp3) is 0.278. The second-order valence-electron chi connectivity index (χ2n) is 5.83. The van der Waals surface area contributed by atoms with Gasteiger partial charge in [-0.25, -0.2) is 13.6 Å². The van der Waals surface area contributed by atoms with E-state index in [-0.39, 0.29) is 17.1 Å². The minimum absolute atomic E-state index is 0.0160.